The van der Waals surface area contributed by atoms with Gasteiger partial charge in [0, 0.05) is 44.1 Å². The summed E-state index contributed by atoms with van der Waals surface area (Å²) >= 11 is 0. The van der Waals surface area contributed by atoms with Crippen molar-refractivity contribution < 1.29 is 14.7 Å². The van der Waals surface area contributed by atoms with Gasteiger partial charge in [-0.2, -0.15) is 0 Å². The molecule has 4 aliphatic rings. The van der Waals surface area contributed by atoms with E-state index in [0.29, 0.717) is 30.0 Å². The number of unbranched alkanes of at least 4 members (excludes halogenated alkanes) is 3. The monoisotopic (exact) mass is 503 g/mol. The first-order valence-corrected chi connectivity index (χ1v) is 14.7. The second-order valence-electron chi connectivity index (χ2n) is 12.5. The lowest BCUT2D eigenvalue weighted by atomic mass is 9.51. The van der Waals surface area contributed by atoms with Crippen molar-refractivity contribution in [1.82, 2.24) is 0 Å². The zero-order chi connectivity index (χ0) is 26.2. The van der Waals surface area contributed by atoms with E-state index in [9.17, 15) is 9.59 Å². The molecule has 2 fully saturated rings. The normalized spacial score (nSPS) is 30.9. The quantitative estimate of drug-likeness (QED) is 0.377. The number of hydrogen-bond donors (Lipinski definition) is 1. The van der Waals surface area contributed by atoms with Crippen molar-refractivity contribution in [2.45, 2.75) is 90.4 Å². The summed E-state index contributed by atoms with van der Waals surface area (Å²) in [6.45, 7) is 5.54. The lowest BCUT2D eigenvalue weighted by Crippen LogP contribution is -2.44. The van der Waals surface area contributed by atoms with Crippen molar-refractivity contribution in [3.05, 3.63) is 52.6 Å². The molecule has 1 aromatic carbocycles. The van der Waals surface area contributed by atoms with E-state index in [2.05, 4.69) is 43.1 Å². The summed E-state index contributed by atoms with van der Waals surface area (Å²) in [6, 6.07) is 9.22. The topological polar surface area (TPSA) is 57.6 Å². The Morgan fingerprint density at radius 1 is 1.03 bits per heavy atom. The molecule has 5 rings (SSSR count). The number of benzene rings is 1. The number of fused-ring (bicyclic) bond motifs is 4. The SMILES string of the molecule is CC(=O)[C@H]1CC[C@H]2[C@@H]3CCC4=CC(=O)CCC4=C3[C@@H](c3ccc(N(C)CCCCCCO)cc3)C[C@]12C. The van der Waals surface area contributed by atoms with E-state index in [1.54, 1.807) is 5.57 Å². The van der Waals surface area contributed by atoms with Crippen LogP contribution in [0, 0.1) is 23.2 Å². The maximum atomic E-state index is 12.8. The van der Waals surface area contributed by atoms with Gasteiger partial charge in [-0.3, -0.25) is 9.59 Å². The fraction of sp³-hybridized carbons (Fsp3) is 0.636. The van der Waals surface area contributed by atoms with E-state index in [-0.39, 0.29) is 23.7 Å². The summed E-state index contributed by atoms with van der Waals surface area (Å²) in [4.78, 5) is 27.4. The van der Waals surface area contributed by atoms with Gasteiger partial charge in [0.1, 0.15) is 5.78 Å². The molecule has 0 heterocycles. The van der Waals surface area contributed by atoms with E-state index >= 15 is 0 Å². The van der Waals surface area contributed by atoms with Crippen LogP contribution >= 0.6 is 0 Å². The summed E-state index contributed by atoms with van der Waals surface area (Å²) in [5, 5.41) is 8.99. The first-order chi connectivity index (χ1) is 17.8. The molecule has 5 atom stereocenters. The smallest absolute Gasteiger partial charge is 0.156 e. The Bertz CT molecular complexity index is 1080. The average molecular weight is 504 g/mol. The molecule has 0 aromatic heterocycles. The molecule has 0 spiro atoms. The minimum atomic E-state index is 0.0565. The molecular weight excluding hydrogens is 458 g/mol. The highest BCUT2D eigenvalue weighted by atomic mass is 16.3. The molecular formula is C33H45NO3. The number of nitrogens with zero attached hydrogens (tertiary/aromatic N) is 1. The van der Waals surface area contributed by atoms with Crippen LogP contribution in [0.1, 0.15) is 96.0 Å². The zero-order valence-electron chi connectivity index (χ0n) is 23.1. The van der Waals surface area contributed by atoms with Gasteiger partial charge in [-0.05, 0) is 110 Å². The average Bonchev–Trinajstić information content (AvgIpc) is 3.25. The van der Waals surface area contributed by atoms with Crippen LogP contribution in [0.5, 0.6) is 0 Å². The molecule has 0 bridgehead atoms. The summed E-state index contributed by atoms with van der Waals surface area (Å²) in [7, 11) is 2.17. The molecule has 4 nitrogen and oxygen atoms in total. The van der Waals surface area contributed by atoms with Gasteiger partial charge in [-0.15, -0.1) is 0 Å². The Morgan fingerprint density at radius 3 is 2.51 bits per heavy atom. The molecule has 0 radical (unpaired) electrons. The van der Waals surface area contributed by atoms with Crippen molar-refractivity contribution in [2.75, 3.05) is 25.1 Å². The van der Waals surface area contributed by atoms with Crippen molar-refractivity contribution in [3.63, 3.8) is 0 Å². The van der Waals surface area contributed by atoms with E-state index in [1.165, 1.54) is 22.4 Å². The van der Waals surface area contributed by atoms with Crippen LogP contribution in [0.15, 0.2) is 47.1 Å². The third-order valence-electron chi connectivity index (χ3n) is 10.4. The van der Waals surface area contributed by atoms with Crippen LogP contribution in [0.4, 0.5) is 5.69 Å². The number of anilines is 1. The Morgan fingerprint density at radius 2 is 1.78 bits per heavy atom. The minimum absolute atomic E-state index is 0.0565. The second-order valence-corrected chi connectivity index (χ2v) is 12.5. The Balaban J connectivity index is 1.45. The van der Waals surface area contributed by atoms with Gasteiger partial charge >= 0.3 is 0 Å². The molecule has 1 N–H and O–H groups in total. The van der Waals surface area contributed by atoms with Crippen LogP contribution in [0.25, 0.3) is 0 Å². The fourth-order valence-corrected chi connectivity index (χ4v) is 8.53. The van der Waals surface area contributed by atoms with Crippen LogP contribution in [0.3, 0.4) is 0 Å². The number of hydrogen-bond acceptors (Lipinski definition) is 4. The van der Waals surface area contributed by atoms with Crippen molar-refractivity contribution >= 4 is 17.3 Å². The second kappa shape index (κ2) is 10.9. The third kappa shape index (κ3) is 4.99. The molecule has 2 saturated carbocycles. The number of rotatable bonds is 9. The van der Waals surface area contributed by atoms with Crippen LogP contribution in [0.2, 0.25) is 0 Å². The lowest BCUT2D eigenvalue weighted by Gasteiger charge is -2.52. The Labute approximate surface area is 223 Å². The first kappa shape index (κ1) is 26.4. The molecule has 4 heteroatoms. The van der Waals surface area contributed by atoms with E-state index in [4.69, 9.17) is 5.11 Å². The van der Waals surface area contributed by atoms with E-state index < -0.39 is 0 Å². The summed E-state index contributed by atoms with van der Waals surface area (Å²) < 4.78 is 0. The van der Waals surface area contributed by atoms with Crippen LogP contribution in [-0.2, 0) is 9.59 Å². The molecule has 4 aliphatic carbocycles. The number of carbonyl (C=O) groups excluding carboxylic acids is 2. The molecule has 0 aliphatic heterocycles. The largest absolute Gasteiger partial charge is 0.396 e. The third-order valence-corrected chi connectivity index (χ3v) is 10.4. The Kier molecular flexibility index (Phi) is 7.77. The van der Waals surface area contributed by atoms with Gasteiger partial charge in [0.05, 0.1) is 0 Å². The number of aliphatic hydroxyl groups excluding tert-OH is 1. The number of Topliss-reactive ketones (excluding diaryl/α,β-unsaturated/α-hetero) is 1. The van der Waals surface area contributed by atoms with Gasteiger partial charge in [0.15, 0.2) is 5.78 Å². The first-order valence-electron chi connectivity index (χ1n) is 14.7. The number of ketones is 2. The highest BCUT2D eigenvalue weighted by molar-refractivity contribution is 5.93. The van der Waals surface area contributed by atoms with Crippen LogP contribution in [-0.4, -0.2) is 36.9 Å². The van der Waals surface area contributed by atoms with Gasteiger partial charge in [0.25, 0.3) is 0 Å². The lowest BCUT2D eigenvalue weighted by molar-refractivity contribution is -0.125. The number of aliphatic hydroxyl groups is 1. The summed E-state index contributed by atoms with van der Waals surface area (Å²) in [5.41, 5.74) is 7.07. The summed E-state index contributed by atoms with van der Waals surface area (Å²) in [5.74, 6) is 2.28. The van der Waals surface area contributed by atoms with Crippen molar-refractivity contribution in [1.29, 1.82) is 0 Å². The van der Waals surface area contributed by atoms with Gasteiger partial charge in [-0.25, -0.2) is 0 Å². The minimum Gasteiger partial charge on any atom is -0.396 e. The number of allylic oxidation sites excluding steroid dienone is 4. The van der Waals surface area contributed by atoms with Crippen LogP contribution < -0.4 is 4.90 Å². The molecule has 37 heavy (non-hydrogen) atoms. The van der Waals surface area contributed by atoms with Crippen molar-refractivity contribution in [2.24, 2.45) is 23.2 Å². The fourth-order valence-electron chi connectivity index (χ4n) is 8.53. The standard InChI is InChI=1S/C33H45NO3/c1-22(36)30-16-17-31-28-14-10-24-20-26(37)13-15-27(24)32(28)29(21-33(30,31)2)23-8-11-25(12-9-23)34(3)18-6-4-5-7-19-35/h8-9,11-12,20,28-31,35H,4-7,10,13-19,21H2,1-3H3/t28-,29+,30+,31-,33+/m0/s1. The molecule has 1 aromatic rings. The summed E-state index contributed by atoms with van der Waals surface area (Å²) in [6.07, 6.45) is 13.1. The Hall–Kier alpha value is -2.20. The van der Waals surface area contributed by atoms with E-state index in [0.717, 1.165) is 70.8 Å². The predicted octanol–water partition coefficient (Wildman–Crippen LogP) is 6.78. The molecule has 200 valence electrons. The van der Waals surface area contributed by atoms with Crippen molar-refractivity contribution in [3.8, 4) is 0 Å². The van der Waals surface area contributed by atoms with Gasteiger partial charge < -0.3 is 10.0 Å². The van der Waals surface area contributed by atoms with Gasteiger partial charge in [0.2, 0.25) is 0 Å². The zero-order valence-corrected chi connectivity index (χ0v) is 23.1. The highest BCUT2D eigenvalue weighted by Crippen LogP contribution is 2.65. The number of carbonyl (C=O) groups is 2. The van der Waals surface area contributed by atoms with E-state index in [1.807, 2.05) is 13.0 Å². The maximum absolute atomic E-state index is 12.8. The molecule has 0 saturated heterocycles. The maximum Gasteiger partial charge on any atom is 0.156 e. The molecule has 0 unspecified atom stereocenters. The van der Waals surface area contributed by atoms with Gasteiger partial charge in [-0.1, -0.05) is 37.5 Å². The predicted molar refractivity (Wildman–Crippen MR) is 150 cm³/mol. The highest BCUT2D eigenvalue weighted by Gasteiger charge is 2.57. The molecule has 0 amide bonds.